The standard InChI is InChI=1S/C41H40N4O7S/c1-44-18-17-42-40(44)53-26-34-21-36(30-15-13-27(24-46)14-16-30)52-39(51-34)33-12-6-11-32(20-33)31-10-5-9-29(19-31)23-45-37(47)22-35(38(45)48)43-41(49)50-25-28-7-3-2-4-8-28/h2-20,34-36,39,46H,21-26H2,1H3,(H,43,49). The number of likely N-dealkylation sites (tertiary alicyclic amines) is 1. The van der Waals surface area contributed by atoms with Crippen molar-refractivity contribution in [2.45, 2.75) is 62.3 Å². The second-order valence-electron chi connectivity index (χ2n) is 13.1. The number of amides is 3. The summed E-state index contributed by atoms with van der Waals surface area (Å²) in [6.07, 6.45) is 2.50. The number of imidazole rings is 1. The van der Waals surface area contributed by atoms with Crippen LogP contribution in [0.1, 0.15) is 53.1 Å². The summed E-state index contributed by atoms with van der Waals surface area (Å²) in [5, 5.41) is 13.0. The molecular formula is C41H40N4O7S. The van der Waals surface area contributed by atoms with Crippen LogP contribution in [-0.2, 0) is 50.6 Å². The zero-order chi connectivity index (χ0) is 36.7. The topological polar surface area (TPSA) is 132 Å². The van der Waals surface area contributed by atoms with Gasteiger partial charge in [0, 0.05) is 37.2 Å². The van der Waals surface area contributed by atoms with Crippen LogP contribution in [0.5, 0.6) is 0 Å². The minimum atomic E-state index is -0.983. The molecule has 11 nitrogen and oxygen atoms in total. The summed E-state index contributed by atoms with van der Waals surface area (Å²) in [5.41, 5.74) is 6.11. The highest BCUT2D eigenvalue weighted by Gasteiger charge is 2.40. The summed E-state index contributed by atoms with van der Waals surface area (Å²) >= 11 is 1.64. The molecule has 4 atom stereocenters. The van der Waals surface area contributed by atoms with Crippen molar-refractivity contribution < 1.29 is 33.7 Å². The Morgan fingerprint density at radius 3 is 2.42 bits per heavy atom. The molecule has 2 N–H and O–H groups in total. The predicted octanol–water partition coefficient (Wildman–Crippen LogP) is 6.47. The Kier molecular flexibility index (Phi) is 11.3. The largest absolute Gasteiger partial charge is 0.445 e. The van der Waals surface area contributed by atoms with Crippen molar-refractivity contribution in [3.8, 4) is 11.1 Å². The predicted molar refractivity (Wildman–Crippen MR) is 198 cm³/mol. The van der Waals surface area contributed by atoms with Gasteiger partial charge in [0.15, 0.2) is 11.4 Å². The molecule has 2 fully saturated rings. The van der Waals surface area contributed by atoms with E-state index in [4.69, 9.17) is 14.2 Å². The van der Waals surface area contributed by atoms with Gasteiger partial charge in [-0.3, -0.25) is 14.5 Å². The van der Waals surface area contributed by atoms with E-state index in [2.05, 4.69) is 10.3 Å². The number of aryl methyl sites for hydroxylation is 1. The Bertz CT molecular complexity index is 2050. The van der Waals surface area contributed by atoms with Crippen LogP contribution in [0.15, 0.2) is 121 Å². The first kappa shape index (κ1) is 36.1. The first-order valence-electron chi connectivity index (χ1n) is 17.4. The van der Waals surface area contributed by atoms with Gasteiger partial charge in [0.05, 0.1) is 31.8 Å². The minimum Gasteiger partial charge on any atom is -0.445 e. The first-order valence-corrected chi connectivity index (χ1v) is 18.4. The number of thioether (sulfide) groups is 1. The van der Waals surface area contributed by atoms with Crippen LogP contribution >= 0.6 is 11.8 Å². The number of aliphatic hydroxyl groups excluding tert-OH is 1. The smallest absolute Gasteiger partial charge is 0.408 e. The Balaban J connectivity index is 1.03. The van der Waals surface area contributed by atoms with Crippen LogP contribution in [-0.4, -0.2) is 55.4 Å². The number of imide groups is 1. The lowest BCUT2D eigenvalue weighted by atomic mass is 9.99. The number of rotatable bonds is 12. The highest BCUT2D eigenvalue weighted by atomic mass is 32.2. The number of ether oxygens (including phenoxy) is 3. The minimum absolute atomic E-state index is 0.0250. The Hall–Kier alpha value is -5.27. The Morgan fingerprint density at radius 2 is 1.66 bits per heavy atom. The molecule has 0 bridgehead atoms. The van der Waals surface area contributed by atoms with Gasteiger partial charge in [-0.05, 0) is 45.5 Å². The van der Waals surface area contributed by atoms with Gasteiger partial charge in [-0.1, -0.05) is 103 Å². The van der Waals surface area contributed by atoms with Crippen molar-refractivity contribution in [3.63, 3.8) is 0 Å². The van der Waals surface area contributed by atoms with Crippen molar-refractivity contribution in [2.24, 2.45) is 7.05 Å². The van der Waals surface area contributed by atoms with Crippen molar-refractivity contribution in [2.75, 3.05) is 5.75 Å². The normalized spacial score (nSPS) is 20.1. The van der Waals surface area contributed by atoms with Crippen LogP contribution < -0.4 is 5.32 Å². The van der Waals surface area contributed by atoms with Crippen molar-refractivity contribution in [1.82, 2.24) is 19.8 Å². The van der Waals surface area contributed by atoms with Crippen molar-refractivity contribution in [1.29, 1.82) is 0 Å². The number of nitrogens with one attached hydrogen (secondary N) is 1. The quantitative estimate of drug-likeness (QED) is 0.109. The van der Waals surface area contributed by atoms with E-state index >= 15 is 0 Å². The maximum absolute atomic E-state index is 13.2. The van der Waals surface area contributed by atoms with Crippen LogP contribution in [0.2, 0.25) is 0 Å². The average Bonchev–Trinajstić information content (AvgIpc) is 3.73. The number of nitrogens with zero attached hydrogens (tertiary/aromatic N) is 3. The van der Waals surface area contributed by atoms with Crippen LogP contribution in [0.25, 0.3) is 11.1 Å². The molecule has 1 aromatic heterocycles. The number of carbonyl (C=O) groups excluding carboxylic acids is 3. The molecule has 2 aliphatic rings. The third-order valence-corrected chi connectivity index (χ3v) is 10.5. The molecule has 3 heterocycles. The molecule has 3 amide bonds. The average molecular weight is 733 g/mol. The van der Waals surface area contributed by atoms with Gasteiger partial charge < -0.3 is 29.2 Å². The van der Waals surface area contributed by atoms with Gasteiger partial charge in [0.25, 0.3) is 5.91 Å². The number of benzene rings is 4. The molecule has 2 aliphatic heterocycles. The number of alkyl carbamates (subject to hydrolysis) is 1. The summed E-state index contributed by atoms with van der Waals surface area (Å²) in [5.74, 6) is -0.142. The fourth-order valence-electron chi connectivity index (χ4n) is 6.45. The van der Waals surface area contributed by atoms with Gasteiger partial charge in [-0.2, -0.15) is 0 Å². The molecule has 12 heteroatoms. The second kappa shape index (κ2) is 16.6. The molecule has 0 radical (unpaired) electrons. The number of aliphatic hydroxyl groups is 1. The van der Waals surface area contributed by atoms with Crippen LogP contribution in [0, 0.1) is 0 Å². The van der Waals surface area contributed by atoms with E-state index in [-0.39, 0.29) is 44.3 Å². The van der Waals surface area contributed by atoms with E-state index in [1.807, 2.05) is 121 Å². The molecule has 7 rings (SSSR count). The summed E-state index contributed by atoms with van der Waals surface area (Å²) in [6, 6.07) is 31.7. The highest BCUT2D eigenvalue weighted by molar-refractivity contribution is 7.99. The monoisotopic (exact) mass is 732 g/mol. The van der Waals surface area contributed by atoms with E-state index in [1.165, 1.54) is 4.90 Å². The van der Waals surface area contributed by atoms with Gasteiger partial charge in [-0.25, -0.2) is 9.78 Å². The lowest BCUT2D eigenvalue weighted by Gasteiger charge is -2.36. The molecule has 2 saturated heterocycles. The van der Waals surface area contributed by atoms with E-state index in [1.54, 1.807) is 18.0 Å². The molecule has 0 aliphatic carbocycles. The molecule has 4 unspecified atom stereocenters. The fraction of sp³-hybridized carbons (Fsp3) is 0.268. The van der Waals surface area contributed by atoms with E-state index < -0.39 is 24.3 Å². The summed E-state index contributed by atoms with van der Waals surface area (Å²) in [6.45, 7) is 0.107. The molecule has 0 saturated carbocycles. The fourth-order valence-corrected chi connectivity index (χ4v) is 7.40. The summed E-state index contributed by atoms with van der Waals surface area (Å²) in [7, 11) is 1.97. The third kappa shape index (κ3) is 8.86. The zero-order valence-electron chi connectivity index (χ0n) is 29.2. The molecule has 5 aromatic rings. The number of hydrogen-bond acceptors (Lipinski definition) is 9. The summed E-state index contributed by atoms with van der Waals surface area (Å²) in [4.78, 5) is 44.2. The second-order valence-corrected chi connectivity index (χ2v) is 14.1. The summed E-state index contributed by atoms with van der Waals surface area (Å²) < 4.78 is 20.4. The van der Waals surface area contributed by atoms with Gasteiger partial charge in [0.2, 0.25) is 5.91 Å². The molecule has 4 aromatic carbocycles. The molecule has 53 heavy (non-hydrogen) atoms. The lowest BCUT2D eigenvalue weighted by molar-refractivity contribution is -0.245. The van der Waals surface area contributed by atoms with Crippen LogP contribution in [0.4, 0.5) is 4.79 Å². The SMILES string of the molecule is Cn1ccnc1SCC1CC(c2ccc(CO)cc2)OC(c2cccc(-c3cccc(CN4C(=O)CC(NC(=O)OCc5ccccc5)C4=O)c3)c2)O1. The number of aromatic nitrogens is 2. The maximum Gasteiger partial charge on any atom is 0.408 e. The third-order valence-electron chi connectivity index (χ3n) is 9.30. The van der Waals surface area contributed by atoms with Crippen LogP contribution in [0.3, 0.4) is 0 Å². The number of hydrogen-bond donors (Lipinski definition) is 2. The van der Waals surface area contributed by atoms with E-state index in [0.717, 1.165) is 44.1 Å². The Labute approximate surface area is 311 Å². The first-order chi connectivity index (χ1) is 25.8. The highest BCUT2D eigenvalue weighted by Crippen LogP contribution is 2.40. The maximum atomic E-state index is 13.2. The van der Waals surface area contributed by atoms with E-state index in [0.29, 0.717) is 12.2 Å². The Morgan fingerprint density at radius 1 is 0.906 bits per heavy atom. The van der Waals surface area contributed by atoms with Crippen molar-refractivity contribution in [3.05, 3.63) is 143 Å². The lowest BCUT2D eigenvalue weighted by Crippen LogP contribution is -2.41. The van der Waals surface area contributed by atoms with E-state index in [9.17, 15) is 19.5 Å². The molecule has 272 valence electrons. The van der Waals surface area contributed by atoms with Crippen molar-refractivity contribution >= 4 is 29.7 Å². The zero-order valence-corrected chi connectivity index (χ0v) is 30.0. The van der Waals surface area contributed by atoms with Gasteiger partial charge >= 0.3 is 6.09 Å². The molecular weight excluding hydrogens is 693 g/mol. The van der Waals surface area contributed by atoms with Gasteiger partial charge in [0.1, 0.15) is 12.6 Å². The number of carbonyl (C=O) groups is 3. The van der Waals surface area contributed by atoms with Gasteiger partial charge in [-0.15, -0.1) is 0 Å². The molecule has 0 spiro atoms.